The number of carbonyl (C=O) groups excluding carboxylic acids is 1. The fraction of sp³-hybridized carbons (Fsp3) is 0.318. The maximum Gasteiger partial charge on any atom is 0.243 e. The maximum atomic E-state index is 12.7. The summed E-state index contributed by atoms with van der Waals surface area (Å²) in [6.07, 6.45) is 3.02. The Morgan fingerprint density at radius 3 is 2.48 bits per heavy atom. The van der Waals surface area contributed by atoms with Gasteiger partial charge in [0.15, 0.2) is 17.3 Å². The van der Waals surface area contributed by atoms with Crippen LogP contribution in [0.1, 0.15) is 22.8 Å². The van der Waals surface area contributed by atoms with Gasteiger partial charge < -0.3 is 14.2 Å². The highest BCUT2D eigenvalue weighted by molar-refractivity contribution is 7.89. The fourth-order valence-corrected chi connectivity index (χ4v) is 4.84. The minimum absolute atomic E-state index is 0.151. The van der Waals surface area contributed by atoms with E-state index in [0.717, 1.165) is 0 Å². The predicted octanol–water partition coefficient (Wildman–Crippen LogP) is 3.66. The quantitative estimate of drug-likeness (QED) is 0.437. The minimum atomic E-state index is -3.60. The lowest BCUT2D eigenvalue weighted by molar-refractivity contribution is 0.0730. The van der Waals surface area contributed by atoms with Gasteiger partial charge in [0.1, 0.15) is 0 Å². The van der Waals surface area contributed by atoms with E-state index in [2.05, 4.69) is 0 Å². The van der Waals surface area contributed by atoms with Crippen molar-refractivity contribution in [1.29, 1.82) is 0 Å². The largest absolute Gasteiger partial charge is 0.491 e. The number of allylic oxidation sites excluding steroid dienone is 1. The van der Waals surface area contributed by atoms with Gasteiger partial charge in [0.05, 0.1) is 36.8 Å². The monoisotopic (exact) mass is 465 g/mol. The van der Waals surface area contributed by atoms with Crippen LogP contribution in [0.5, 0.6) is 11.5 Å². The molecule has 0 atom stereocenters. The van der Waals surface area contributed by atoms with Crippen molar-refractivity contribution in [2.45, 2.75) is 11.8 Å². The maximum absolute atomic E-state index is 12.7. The number of carbonyl (C=O) groups is 1. The summed E-state index contributed by atoms with van der Waals surface area (Å²) in [5.74, 6) is 0.659. The van der Waals surface area contributed by atoms with Gasteiger partial charge in [-0.1, -0.05) is 17.7 Å². The summed E-state index contributed by atoms with van der Waals surface area (Å²) in [5, 5.41) is 0.373. The lowest BCUT2D eigenvalue weighted by Gasteiger charge is -2.26. The molecule has 1 heterocycles. The van der Waals surface area contributed by atoms with E-state index in [1.807, 2.05) is 6.92 Å². The lowest BCUT2D eigenvalue weighted by Crippen LogP contribution is -2.40. The van der Waals surface area contributed by atoms with Crippen LogP contribution in [0.3, 0.4) is 0 Å². The Labute approximate surface area is 187 Å². The Morgan fingerprint density at radius 1 is 1.19 bits per heavy atom. The molecule has 0 amide bonds. The van der Waals surface area contributed by atoms with Gasteiger partial charge in [-0.3, -0.25) is 4.79 Å². The number of benzene rings is 2. The summed E-state index contributed by atoms with van der Waals surface area (Å²) in [4.78, 5) is 12.7. The minimum Gasteiger partial charge on any atom is -0.491 e. The first kappa shape index (κ1) is 23.3. The smallest absolute Gasteiger partial charge is 0.243 e. The van der Waals surface area contributed by atoms with E-state index >= 15 is 0 Å². The molecule has 0 radical (unpaired) electrons. The standard InChI is InChI=1S/C22H24ClNO6S/c1-3-30-21-15-16(14-19(23)22(21)28-2)4-9-20(25)17-5-7-18(8-6-17)31(26,27)24-10-12-29-13-11-24/h4-9,14-15H,3,10-13H2,1-2H3/b9-4+. The molecule has 1 aliphatic rings. The molecule has 0 unspecified atom stereocenters. The van der Waals surface area contributed by atoms with Crippen LogP contribution in [0.2, 0.25) is 5.02 Å². The molecule has 31 heavy (non-hydrogen) atoms. The zero-order chi connectivity index (χ0) is 22.4. The number of sulfonamides is 1. The third kappa shape index (κ3) is 5.46. The topological polar surface area (TPSA) is 82.1 Å². The molecule has 166 valence electrons. The molecule has 3 rings (SSSR count). The summed E-state index contributed by atoms with van der Waals surface area (Å²) in [7, 11) is -2.09. The van der Waals surface area contributed by atoms with E-state index in [1.165, 1.54) is 41.8 Å². The molecule has 0 saturated carbocycles. The van der Waals surface area contributed by atoms with E-state index < -0.39 is 10.0 Å². The Bertz CT molecular complexity index is 1060. The predicted molar refractivity (Wildman–Crippen MR) is 119 cm³/mol. The van der Waals surface area contributed by atoms with Crippen molar-refractivity contribution < 1.29 is 27.4 Å². The van der Waals surface area contributed by atoms with E-state index in [0.29, 0.717) is 60.6 Å². The third-order valence-corrected chi connectivity index (χ3v) is 6.90. The molecule has 1 saturated heterocycles. The van der Waals surface area contributed by atoms with Gasteiger partial charge in [-0.2, -0.15) is 4.31 Å². The summed E-state index contributed by atoms with van der Waals surface area (Å²) in [6, 6.07) is 9.31. The van der Waals surface area contributed by atoms with Crippen molar-refractivity contribution in [3.8, 4) is 11.5 Å². The molecule has 0 N–H and O–H groups in total. The summed E-state index contributed by atoms with van der Waals surface area (Å²) >= 11 is 6.23. The molecule has 0 bridgehead atoms. The Morgan fingerprint density at radius 2 is 1.87 bits per heavy atom. The van der Waals surface area contributed by atoms with Crippen LogP contribution in [0.15, 0.2) is 47.4 Å². The summed E-state index contributed by atoms with van der Waals surface area (Å²) < 4.78 is 42.8. The van der Waals surface area contributed by atoms with Gasteiger partial charge in [0.25, 0.3) is 0 Å². The molecule has 1 aliphatic heterocycles. The van der Waals surface area contributed by atoms with Gasteiger partial charge in [0.2, 0.25) is 10.0 Å². The molecule has 1 fully saturated rings. The van der Waals surface area contributed by atoms with Crippen LogP contribution in [0.25, 0.3) is 6.08 Å². The Kier molecular flexibility index (Phi) is 7.72. The van der Waals surface area contributed by atoms with E-state index in [1.54, 1.807) is 18.2 Å². The molecular formula is C22H24ClNO6S. The second-order valence-electron chi connectivity index (χ2n) is 6.71. The molecule has 7 nitrogen and oxygen atoms in total. The SMILES string of the molecule is CCOc1cc(/C=C/C(=O)c2ccc(S(=O)(=O)N3CCOCC3)cc2)cc(Cl)c1OC. The van der Waals surface area contributed by atoms with E-state index in [-0.39, 0.29) is 10.7 Å². The van der Waals surface area contributed by atoms with E-state index in [9.17, 15) is 13.2 Å². The van der Waals surface area contributed by atoms with Crippen molar-refractivity contribution >= 4 is 33.5 Å². The van der Waals surface area contributed by atoms with Crippen molar-refractivity contribution in [3.63, 3.8) is 0 Å². The highest BCUT2D eigenvalue weighted by atomic mass is 35.5. The highest BCUT2D eigenvalue weighted by Gasteiger charge is 2.26. The average molecular weight is 466 g/mol. The zero-order valence-corrected chi connectivity index (χ0v) is 18.9. The number of nitrogens with zero attached hydrogens (tertiary/aromatic N) is 1. The number of morpholine rings is 1. The lowest BCUT2D eigenvalue weighted by atomic mass is 10.1. The molecular weight excluding hydrogens is 442 g/mol. The highest BCUT2D eigenvalue weighted by Crippen LogP contribution is 2.36. The molecule has 9 heteroatoms. The molecule has 0 aromatic heterocycles. The molecule has 0 aliphatic carbocycles. The van der Waals surface area contributed by atoms with Gasteiger partial charge in [0, 0.05) is 18.7 Å². The van der Waals surface area contributed by atoms with Gasteiger partial charge in [-0.15, -0.1) is 0 Å². The summed E-state index contributed by atoms with van der Waals surface area (Å²) in [5.41, 5.74) is 1.05. The number of ether oxygens (including phenoxy) is 3. The van der Waals surface area contributed by atoms with Crippen LogP contribution in [-0.4, -0.2) is 58.5 Å². The number of halogens is 1. The summed E-state index contributed by atoms with van der Waals surface area (Å²) in [6.45, 7) is 3.68. The van der Waals surface area contributed by atoms with Crippen LogP contribution >= 0.6 is 11.6 Å². The molecule has 0 spiro atoms. The molecule has 2 aromatic rings. The fourth-order valence-electron chi connectivity index (χ4n) is 3.14. The van der Waals surface area contributed by atoms with Crippen LogP contribution in [-0.2, 0) is 14.8 Å². The van der Waals surface area contributed by atoms with E-state index in [4.69, 9.17) is 25.8 Å². The first-order chi connectivity index (χ1) is 14.9. The normalized spacial score (nSPS) is 15.2. The number of rotatable bonds is 8. The number of hydrogen-bond donors (Lipinski definition) is 0. The third-order valence-electron chi connectivity index (χ3n) is 4.71. The van der Waals surface area contributed by atoms with Crippen LogP contribution in [0, 0.1) is 0 Å². The second-order valence-corrected chi connectivity index (χ2v) is 9.05. The average Bonchev–Trinajstić information content (AvgIpc) is 2.78. The number of ketones is 1. The van der Waals surface area contributed by atoms with Crippen LogP contribution in [0.4, 0.5) is 0 Å². The van der Waals surface area contributed by atoms with Crippen molar-refractivity contribution in [3.05, 3.63) is 58.6 Å². The Balaban J connectivity index is 1.76. The van der Waals surface area contributed by atoms with Gasteiger partial charge in [-0.05, 0) is 55.0 Å². The van der Waals surface area contributed by atoms with Gasteiger partial charge in [-0.25, -0.2) is 8.42 Å². The molecule has 2 aromatic carbocycles. The number of hydrogen-bond acceptors (Lipinski definition) is 6. The second kappa shape index (κ2) is 10.3. The Hall–Kier alpha value is -2.39. The van der Waals surface area contributed by atoms with Gasteiger partial charge >= 0.3 is 0 Å². The first-order valence-corrected chi connectivity index (χ1v) is 11.6. The zero-order valence-electron chi connectivity index (χ0n) is 17.3. The van der Waals surface area contributed by atoms with Crippen molar-refractivity contribution in [2.24, 2.45) is 0 Å². The van der Waals surface area contributed by atoms with Crippen LogP contribution < -0.4 is 9.47 Å². The van der Waals surface area contributed by atoms with Crippen molar-refractivity contribution in [2.75, 3.05) is 40.0 Å². The van der Waals surface area contributed by atoms with Crippen molar-refractivity contribution in [1.82, 2.24) is 4.31 Å². The first-order valence-electron chi connectivity index (χ1n) is 9.77. The number of methoxy groups -OCH3 is 1.